The second-order valence-electron chi connectivity index (χ2n) is 7.13. The van der Waals surface area contributed by atoms with E-state index < -0.39 is 16.1 Å². The lowest BCUT2D eigenvalue weighted by atomic mass is 10.2. The number of carbonyl (C=O) groups excluding carboxylic acids is 1. The molecule has 156 valence electrons. The molecule has 3 rings (SSSR count). The van der Waals surface area contributed by atoms with Gasteiger partial charge in [0.2, 0.25) is 15.9 Å². The summed E-state index contributed by atoms with van der Waals surface area (Å²) in [5.41, 5.74) is 0.384. The van der Waals surface area contributed by atoms with Gasteiger partial charge in [-0.2, -0.15) is 11.8 Å². The van der Waals surface area contributed by atoms with Gasteiger partial charge in [-0.15, -0.1) is 0 Å². The van der Waals surface area contributed by atoms with Crippen LogP contribution in [0.25, 0.3) is 0 Å². The smallest absolute Gasteiger partial charge is 0.243 e. The van der Waals surface area contributed by atoms with Crippen LogP contribution in [0.4, 0.5) is 5.69 Å². The summed E-state index contributed by atoms with van der Waals surface area (Å²) in [7, 11) is -3.66. The van der Waals surface area contributed by atoms with Gasteiger partial charge >= 0.3 is 0 Å². The zero-order chi connectivity index (χ0) is 20.1. The molecule has 0 bridgehead atoms. The number of nitrogens with zero attached hydrogens (tertiary/aromatic N) is 1. The van der Waals surface area contributed by atoms with Crippen molar-refractivity contribution in [3.05, 3.63) is 18.2 Å². The van der Waals surface area contributed by atoms with Crippen LogP contribution in [-0.2, 0) is 14.8 Å². The molecule has 1 amide bonds. The lowest BCUT2D eigenvalue weighted by Gasteiger charge is -2.29. The van der Waals surface area contributed by atoms with Crippen LogP contribution in [-0.4, -0.2) is 57.4 Å². The highest BCUT2D eigenvalue weighted by atomic mass is 32.2. The van der Waals surface area contributed by atoms with Crippen LogP contribution in [0.5, 0.6) is 11.5 Å². The highest BCUT2D eigenvalue weighted by molar-refractivity contribution is 7.99. The first-order chi connectivity index (χ1) is 13.4. The zero-order valence-corrected chi connectivity index (χ0v) is 18.0. The lowest BCUT2D eigenvalue weighted by Crippen LogP contribution is -2.48. The van der Waals surface area contributed by atoms with Gasteiger partial charge in [0.05, 0.1) is 11.9 Å². The van der Waals surface area contributed by atoms with Crippen molar-refractivity contribution < 1.29 is 22.7 Å². The first-order valence-electron chi connectivity index (χ1n) is 9.64. The van der Waals surface area contributed by atoms with E-state index >= 15 is 0 Å². The molecule has 0 saturated heterocycles. The second kappa shape index (κ2) is 9.26. The Morgan fingerprint density at radius 2 is 1.93 bits per heavy atom. The Morgan fingerprint density at radius 1 is 1.25 bits per heavy atom. The van der Waals surface area contributed by atoms with Gasteiger partial charge < -0.3 is 14.8 Å². The van der Waals surface area contributed by atoms with Crippen LogP contribution >= 0.6 is 11.8 Å². The number of hydrogen-bond donors (Lipinski definition) is 1. The molecule has 1 aromatic carbocycles. The van der Waals surface area contributed by atoms with E-state index in [1.807, 2.05) is 11.8 Å². The SMILES string of the molecule is CC(C(=O)NCCSC1CCCC1)N(c1ccc2c(c1)OCCO2)S(C)(=O)=O. The van der Waals surface area contributed by atoms with Crippen LogP contribution in [0, 0.1) is 0 Å². The van der Waals surface area contributed by atoms with Crippen LogP contribution in [0.3, 0.4) is 0 Å². The first-order valence-corrected chi connectivity index (χ1v) is 12.5. The molecule has 1 unspecified atom stereocenters. The number of sulfonamides is 1. The molecule has 28 heavy (non-hydrogen) atoms. The molecule has 1 aliphatic heterocycles. The topological polar surface area (TPSA) is 84.9 Å². The van der Waals surface area contributed by atoms with Gasteiger partial charge in [0, 0.05) is 23.6 Å². The zero-order valence-electron chi connectivity index (χ0n) is 16.3. The van der Waals surface area contributed by atoms with E-state index in [1.54, 1.807) is 25.1 Å². The number of amides is 1. The number of thioether (sulfide) groups is 1. The maximum atomic E-state index is 12.6. The van der Waals surface area contributed by atoms with E-state index in [0.29, 0.717) is 42.2 Å². The fourth-order valence-corrected chi connectivity index (χ4v) is 5.97. The van der Waals surface area contributed by atoms with Crippen molar-refractivity contribution in [2.24, 2.45) is 0 Å². The van der Waals surface area contributed by atoms with Crippen LogP contribution < -0.4 is 19.1 Å². The summed E-state index contributed by atoms with van der Waals surface area (Å²) in [6.07, 6.45) is 6.19. The maximum Gasteiger partial charge on any atom is 0.243 e. The van der Waals surface area contributed by atoms with Gasteiger partial charge in [-0.05, 0) is 31.9 Å². The Balaban J connectivity index is 1.64. The molecule has 0 spiro atoms. The van der Waals surface area contributed by atoms with Crippen molar-refractivity contribution >= 4 is 33.4 Å². The van der Waals surface area contributed by atoms with E-state index in [4.69, 9.17) is 9.47 Å². The summed E-state index contributed by atoms with van der Waals surface area (Å²) < 4.78 is 37.0. The molecule has 0 radical (unpaired) electrons. The average molecular weight is 429 g/mol. The van der Waals surface area contributed by atoms with E-state index in [-0.39, 0.29) is 5.91 Å². The van der Waals surface area contributed by atoms with Crippen molar-refractivity contribution in [3.63, 3.8) is 0 Å². The van der Waals surface area contributed by atoms with Crippen molar-refractivity contribution in [3.8, 4) is 11.5 Å². The Hall–Kier alpha value is -1.61. The molecule has 7 nitrogen and oxygen atoms in total. The summed E-state index contributed by atoms with van der Waals surface area (Å²) in [4.78, 5) is 12.6. The molecule has 1 heterocycles. The predicted molar refractivity (Wildman–Crippen MR) is 112 cm³/mol. The van der Waals surface area contributed by atoms with Gasteiger partial charge in [-0.1, -0.05) is 12.8 Å². The quantitative estimate of drug-likeness (QED) is 0.640. The fraction of sp³-hybridized carbons (Fsp3) is 0.632. The van der Waals surface area contributed by atoms with Crippen molar-refractivity contribution in [1.82, 2.24) is 5.32 Å². The van der Waals surface area contributed by atoms with Crippen LogP contribution in [0.2, 0.25) is 0 Å². The molecule has 1 fully saturated rings. The number of ether oxygens (including phenoxy) is 2. The largest absolute Gasteiger partial charge is 0.486 e. The molecule has 0 aromatic heterocycles. The summed E-state index contributed by atoms with van der Waals surface area (Å²) >= 11 is 1.89. The van der Waals surface area contributed by atoms with E-state index in [2.05, 4.69) is 5.32 Å². The minimum absolute atomic E-state index is 0.313. The minimum Gasteiger partial charge on any atom is -0.486 e. The third kappa shape index (κ3) is 5.26. The van der Waals surface area contributed by atoms with Crippen molar-refractivity contribution in [1.29, 1.82) is 0 Å². The van der Waals surface area contributed by atoms with E-state index in [0.717, 1.165) is 16.3 Å². The van der Waals surface area contributed by atoms with E-state index in [9.17, 15) is 13.2 Å². The van der Waals surface area contributed by atoms with Crippen molar-refractivity contribution in [2.45, 2.75) is 43.9 Å². The van der Waals surface area contributed by atoms with Gasteiger partial charge in [0.25, 0.3) is 0 Å². The van der Waals surface area contributed by atoms with Gasteiger partial charge in [0.1, 0.15) is 19.3 Å². The molecule has 1 saturated carbocycles. The van der Waals surface area contributed by atoms with Gasteiger partial charge in [-0.25, -0.2) is 8.42 Å². The maximum absolute atomic E-state index is 12.6. The molecule has 1 atom stereocenters. The molecule has 1 aliphatic carbocycles. The number of fused-ring (bicyclic) bond motifs is 1. The molecular weight excluding hydrogens is 400 g/mol. The number of rotatable bonds is 8. The number of anilines is 1. The monoisotopic (exact) mass is 428 g/mol. The Labute approximate surface area is 171 Å². The molecule has 1 aromatic rings. The highest BCUT2D eigenvalue weighted by Gasteiger charge is 2.30. The summed E-state index contributed by atoms with van der Waals surface area (Å²) in [6.45, 7) is 2.99. The first kappa shape index (κ1) is 21.1. The van der Waals surface area contributed by atoms with Crippen LogP contribution in [0.1, 0.15) is 32.6 Å². The second-order valence-corrected chi connectivity index (χ2v) is 10.4. The van der Waals surface area contributed by atoms with E-state index in [1.165, 1.54) is 25.7 Å². The number of carbonyl (C=O) groups is 1. The predicted octanol–water partition coefficient (Wildman–Crippen LogP) is 2.40. The Bertz CT molecular complexity index is 794. The highest BCUT2D eigenvalue weighted by Crippen LogP contribution is 2.35. The summed E-state index contributed by atoms with van der Waals surface area (Å²) in [5, 5.41) is 3.56. The molecular formula is C19H28N2O5S2. The third-order valence-electron chi connectivity index (χ3n) is 4.93. The summed E-state index contributed by atoms with van der Waals surface area (Å²) in [5.74, 6) is 1.58. The number of hydrogen-bond acceptors (Lipinski definition) is 6. The third-order valence-corrected chi connectivity index (χ3v) is 7.55. The minimum atomic E-state index is -3.66. The number of benzene rings is 1. The van der Waals surface area contributed by atoms with Gasteiger partial charge in [-0.3, -0.25) is 9.10 Å². The fourth-order valence-electron chi connectivity index (χ4n) is 3.58. The molecule has 9 heteroatoms. The molecule has 1 N–H and O–H groups in total. The number of nitrogens with one attached hydrogen (secondary N) is 1. The lowest BCUT2D eigenvalue weighted by molar-refractivity contribution is -0.121. The normalized spacial score (nSPS) is 17.9. The van der Waals surface area contributed by atoms with Crippen LogP contribution in [0.15, 0.2) is 18.2 Å². The van der Waals surface area contributed by atoms with Crippen molar-refractivity contribution in [2.75, 3.05) is 36.1 Å². The standard InChI is InChI=1S/C19H28N2O5S2/c1-14(19(22)20-9-12-27-16-5-3-4-6-16)21(28(2,23)24)15-7-8-17-18(13-15)26-11-10-25-17/h7-8,13-14,16H,3-6,9-12H2,1-2H3,(H,20,22). The van der Waals surface area contributed by atoms with Gasteiger partial charge in [0.15, 0.2) is 11.5 Å². The average Bonchev–Trinajstić information content (AvgIpc) is 3.17. The summed E-state index contributed by atoms with van der Waals surface area (Å²) in [6, 6.07) is 4.04. The Morgan fingerprint density at radius 3 is 2.61 bits per heavy atom. The Kier molecular flexibility index (Phi) is 6.98. The molecule has 2 aliphatic rings.